The average molecular weight is 288 g/mol. The molecule has 2 amide bonds. The fourth-order valence-electron chi connectivity index (χ4n) is 2.52. The molecule has 0 unspecified atom stereocenters. The van der Waals surface area contributed by atoms with Crippen LogP contribution < -0.4 is 5.73 Å². The summed E-state index contributed by atoms with van der Waals surface area (Å²) in [5.74, 6) is 0.0647. The summed E-state index contributed by atoms with van der Waals surface area (Å²) in [5, 5.41) is 6.82. The SMILES string of the molecule is NC(=O)C1CCN(C(=O)c2cc(-c3ccco3)[nH]n2)CC1. The van der Waals surface area contributed by atoms with Gasteiger partial charge in [-0.2, -0.15) is 5.10 Å². The number of nitrogens with zero attached hydrogens (tertiary/aromatic N) is 2. The smallest absolute Gasteiger partial charge is 0.274 e. The molecule has 0 bridgehead atoms. The monoisotopic (exact) mass is 288 g/mol. The molecule has 3 rings (SSSR count). The first kappa shape index (κ1) is 13.4. The number of carbonyl (C=O) groups excluding carboxylic acids is 2. The lowest BCUT2D eigenvalue weighted by atomic mass is 9.96. The van der Waals surface area contributed by atoms with Crippen LogP contribution in [-0.2, 0) is 4.79 Å². The van der Waals surface area contributed by atoms with E-state index >= 15 is 0 Å². The van der Waals surface area contributed by atoms with Crippen LogP contribution in [0.5, 0.6) is 0 Å². The molecule has 1 aliphatic rings. The fraction of sp³-hybridized carbons (Fsp3) is 0.357. The molecule has 3 heterocycles. The second kappa shape index (κ2) is 5.43. The van der Waals surface area contributed by atoms with Gasteiger partial charge in [0, 0.05) is 25.1 Å². The number of aromatic nitrogens is 2. The second-order valence-corrected chi connectivity index (χ2v) is 5.11. The summed E-state index contributed by atoms with van der Waals surface area (Å²) in [6.45, 7) is 1.05. The number of carbonyl (C=O) groups is 2. The molecule has 7 heteroatoms. The molecule has 1 fully saturated rings. The number of H-pyrrole nitrogens is 1. The van der Waals surface area contributed by atoms with Crippen molar-refractivity contribution in [3.8, 4) is 11.5 Å². The van der Waals surface area contributed by atoms with Crippen LogP contribution in [0, 0.1) is 5.92 Å². The molecule has 0 spiro atoms. The van der Waals surface area contributed by atoms with Crippen molar-refractivity contribution in [3.05, 3.63) is 30.2 Å². The van der Waals surface area contributed by atoms with Crippen LogP contribution in [0.15, 0.2) is 28.9 Å². The Hall–Kier alpha value is -2.57. The van der Waals surface area contributed by atoms with Crippen molar-refractivity contribution < 1.29 is 14.0 Å². The Bertz CT molecular complexity index is 639. The van der Waals surface area contributed by atoms with Gasteiger partial charge in [0.1, 0.15) is 5.69 Å². The van der Waals surface area contributed by atoms with E-state index in [4.69, 9.17) is 10.2 Å². The molecule has 0 aromatic carbocycles. The normalized spacial score (nSPS) is 16.1. The Morgan fingerprint density at radius 3 is 2.76 bits per heavy atom. The molecule has 1 saturated heterocycles. The van der Waals surface area contributed by atoms with Crippen LogP contribution in [0.4, 0.5) is 0 Å². The zero-order chi connectivity index (χ0) is 14.8. The number of rotatable bonds is 3. The molecule has 3 N–H and O–H groups in total. The molecular formula is C14H16N4O3. The Morgan fingerprint density at radius 2 is 2.14 bits per heavy atom. The predicted octanol–water partition coefficient (Wildman–Crippen LogP) is 1.01. The van der Waals surface area contributed by atoms with Gasteiger partial charge >= 0.3 is 0 Å². The maximum atomic E-state index is 12.4. The van der Waals surface area contributed by atoms with Crippen LogP contribution >= 0.6 is 0 Å². The summed E-state index contributed by atoms with van der Waals surface area (Å²) in [7, 11) is 0. The number of furan rings is 1. The molecular weight excluding hydrogens is 272 g/mol. The van der Waals surface area contributed by atoms with Crippen LogP contribution in [0.25, 0.3) is 11.5 Å². The van der Waals surface area contributed by atoms with Gasteiger partial charge in [-0.05, 0) is 25.0 Å². The summed E-state index contributed by atoms with van der Waals surface area (Å²) >= 11 is 0. The van der Waals surface area contributed by atoms with E-state index in [-0.39, 0.29) is 17.7 Å². The Kier molecular flexibility index (Phi) is 3.47. The van der Waals surface area contributed by atoms with Crippen molar-refractivity contribution in [2.24, 2.45) is 11.7 Å². The highest BCUT2D eigenvalue weighted by atomic mass is 16.3. The van der Waals surface area contributed by atoms with Gasteiger partial charge in [0.2, 0.25) is 5.91 Å². The Labute approximate surface area is 121 Å². The predicted molar refractivity (Wildman–Crippen MR) is 74.1 cm³/mol. The fourth-order valence-corrected chi connectivity index (χ4v) is 2.52. The minimum Gasteiger partial charge on any atom is -0.463 e. The van der Waals surface area contributed by atoms with Gasteiger partial charge in [-0.3, -0.25) is 14.7 Å². The number of nitrogens with two attached hydrogens (primary N) is 1. The molecule has 7 nitrogen and oxygen atoms in total. The number of hydrogen-bond donors (Lipinski definition) is 2. The third kappa shape index (κ3) is 2.67. The van der Waals surface area contributed by atoms with Crippen LogP contribution in [0.2, 0.25) is 0 Å². The lowest BCUT2D eigenvalue weighted by Gasteiger charge is -2.29. The Balaban J connectivity index is 1.68. The minimum atomic E-state index is -0.290. The number of amides is 2. The maximum Gasteiger partial charge on any atom is 0.274 e. The minimum absolute atomic E-state index is 0.132. The number of piperidine rings is 1. The van der Waals surface area contributed by atoms with E-state index in [0.717, 1.165) is 0 Å². The van der Waals surface area contributed by atoms with Crippen molar-refractivity contribution in [2.45, 2.75) is 12.8 Å². The van der Waals surface area contributed by atoms with Gasteiger partial charge in [-0.1, -0.05) is 0 Å². The van der Waals surface area contributed by atoms with Gasteiger partial charge in [-0.25, -0.2) is 0 Å². The highest BCUT2D eigenvalue weighted by Crippen LogP contribution is 2.21. The summed E-state index contributed by atoms with van der Waals surface area (Å²) in [5.41, 5.74) is 6.30. The number of likely N-dealkylation sites (tertiary alicyclic amines) is 1. The van der Waals surface area contributed by atoms with Crippen LogP contribution in [0.3, 0.4) is 0 Å². The van der Waals surface area contributed by atoms with Crippen LogP contribution in [0.1, 0.15) is 23.3 Å². The highest BCUT2D eigenvalue weighted by Gasteiger charge is 2.27. The quantitative estimate of drug-likeness (QED) is 0.879. The summed E-state index contributed by atoms with van der Waals surface area (Å²) in [6, 6.07) is 5.23. The third-order valence-corrected chi connectivity index (χ3v) is 3.77. The standard InChI is InChI=1S/C14H16N4O3/c15-13(19)9-3-5-18(6-4-9)14(20)11-8-10(16-17-11)12-2-1-7-21-12/h1-2,7-9H,3-6H2,(H2,15,19)(H,16,17). The van der Waals surface area contributed by atoms with E-state index < -0.39 is 0 Å². The van der Waals surface area contributed by atoms with Gasteiger partial charge < -0.3 is 15.1 Å². The molecule has 2 aromatic heterocycles. The number of nitrogens with one attached hydrogen (secondary N) is 1. The molecule has 0 atom stereocenters. The highest BCUT2D eigenvalue weighted by molar-refractivity contribution is 5.93. The molecule has 0 radical (unpaired) electrons. The maximum absolute atomic E-state index is 12.4. The van der Waals surface area contributed by atoms with E-state index in [1.807, 2.05) is 0 Å². The molecule has 0 saturated carbocycles. The van der Waals surface area contributed by atoms with Gasteiger partial charge in [0.15, 0.2) is 11.5 Å². The zero-order valence-electron chi connectivity index (χ0n) is 11.4. The second-order valence-electron chi connectivity index (χ2n) is 5.11. The molecule has 0 aliphatic carbocycles. The summed E-state index contributed by atoms with van der Waals surface area (Å²) < 4.78 is 5.25. The van der Waals surface area contributed by atoms with Gasteiger partial charge in [0.25, 0.3) is 5.91 Å². The summed E-state index contributed by atoms with van der Waals surface area (Å²) in [4.78, 5) is 25.2. The van der Waals surface area contributed by atoms with E-state index in [9.17, 15) is 9.59 Å². The lowest BCUT2D eigenvalue weighted by Crippen LogP contribution is -2.41. The first-order chi connectivity index (χ1) is 10.1. The lowest BCUT2D eigenvalue weighted by molar-refractivity contribution is -0.123. The topological polar surface area (TPSA) is 105 Å². The van der Waals surface area contributed by atoms with E-state index in [1.165, 1.54) is 0 Å². The largest absolute Gasteiger partial charge is 0.463 e. The van der Waals surface area contributed by atoms with Gasteiger partial charge in [0.05, 0.1) is 6.26 Å². The Morgan fingerprint density at radius 1 is 1.38 bits per heavy atom. The summed E-state index contributed by atoms with van der Waals surface area (Å²) in [6.07, 6.45) is 2.78. The first-order valence-corrected chi connectivity index (χ1v) is 6.83. The van der Waals surface area contributed by atoms with E-state index in [1.54, 1.807) is 29.4 Å². The van der Waals surface area contributed by atoms with Crippen molar-refractivity contribution in [3.63, 3.8) is 0 Å². The van der Waals surface area contributed by atoms with Crippen molar-refractivity contribution in [1.29, 1.82) is 0 Å². The van der Waals surface area contributed by atoms with Crippen LogP contribution in [-0.4, -0.2) is 40.0 Å². The number of hydrogen-bond acceptors (Lipinski definition) is 4. The van der Waals surface area contributed by atoms with E-state index in [2.05, 4.69) is 10.2 Å². The average Bonchev–Trinajstić information content (AvgIpc) is 3.17. The first-order valence-electron chi connectivity index (χ1n) is 6.83. The van der Waals surface area contributed by atoms with Crippen molar-refractivity contribution >= 4 is 11.8 Å². The van der Waals surface area contributed by atoms with Gasteiger partial charge in [-0.15, -0.1) is 0 Å². The van der Waals surface area contributed by atoms with Crippen molar-refractivity contribution in [2.75, 3.05) is 13.1 Å². The zero-order valence-corrected chi connectivity index (χ0v) is 11.4. The van der Waals surface area contributed by atoms with Crippen molar-refractivity contribution in [1.82, 2.24) is 15.1 Å². The molecule has 1 aliphatic heterocycles. The number of primary amides is 1. The number of aromatic amines is 1. The van der Waals surface area contributed by atoms with E-state index in [0.29, 0.717) is 43.1 Å². The molecule has 110 valence electrons. The molecule has 21 heavy (non-hydrogen) atoms. The third-order valence-electron chi connectivity index (χ3n) is 3.77. The molecule has 2 aromatic rings.